The zero-order chi connectivity index (χ0) is 20.5. The lowest BCUT2D eigenvalue weighted by Crippen LogP contribution is -2.50. The van der Waals surface area contributed by atoms with Crippen LogP contribution in [0.15, 0.2) is 60.9 Å². The maximum Gasteiger partial charge on any atom is 0.231 e. The van der Waals surface area contributed by atoms with E-state index in [-0.39, 0.29) is 17.6 Å². The summed E-state index contributed by atoms with van der Waals surface area (Å²) in [7, 11) is 0. The number of hydrogen-bond acceptors (Lipinski definition) is 5. The van der Waals surface area contributed by atoms with Gasteiger partial charge in [0.2, 0.25) is 17.6 Å². The Hall–Kier alpha value is -3.48. The molecule has 4 heterocycles. The zero-order valence-electron chi connectivity index (χ0n) is 16.6. The Balaban J connectivity index is 1.28. The quantitative estimate of drug-likeness (QED) is 0.628. The summed E-state index contributed by atoms with van der Waals surface area (Å²) < 4.78 is 2.02. The molecule has 0 unspecified atom stereocenters. The summed E-state index contributed by atoms with van der Waals surface area (Å²) in [5.41, 5.74) is 2.29. The van der Waals surface area contributed by atoms with Crippen LogP contribution in [0.3, 0.4) is 0 Å². The number of ketones is 1. The Morgan fingerprint density at radius 2 is 1.57 bits per heavy atom. The highest BCUT2D eigenvalue weighted by Gasteiger charge is 2.35. The number of rotatable bonds is 4. The predicted molar refractivity (Wildman–Crippen MR) is 112 cm³/mol. The summed E-state index contributed by atoms with van der Waals surface area (Å²) in [5.74, 6) is 0.691. The Labute approximate surface area is 175 Å². The summed E-state index contributed by atoms with van der Waals surface area (Å²) in [6.07, 6.45) is 4.22. The van der Waals surface area contributed by atoms with Crippen molar-refractivity contribution in [2.75, 3.05) is 31.1 Å². The van der Waals surface area contributed by atoms with Gasteiger partial charge in [-0.05, 0) is 24.6 Å². The van der Waals surface area contributed by atoms with Crippen molar-refractivity contribution in [3.63, 3.8) is 0 Å². The Kier molecular flexibility index (Phi) is 4.78. The second-order valence-electron chi connectivity index (χ2n) is 7.69. The summed E-state index contributed by atoms with van der Waals surface area (Å²) in [5, 5.41) is 0. The molecule has 0 saturated carbocycles. The summed E-state index contributed by atoms with van der Waals surface area (Å²) in [4.78, 5) is 38.8. The van der Waals surface area contributed by atoms with Crippen molar-refractivity contribution in [1.82, 2.24) is 19.4 Å². The fourth-order valence-electron chi connectivity index (χ4n) is 4.43. The third kappa shape index (κ3) is 3.26. The molecule has 2 aromatic heterocycles. The molecule has 152 valence electrons. The van der Waals surface area contributed by atoms with Gasteiger partial charge in [0.1, 0.15) is 0 Å². The molecule has 0 aliphatic carbocycles. The minimum absolute atomic E-state index is 0.00595. The molecule has 1 saturated heterocycles. The fraction of sp³-hybridized carbons (Fsp3) is 0.304. The minimum atomic E-state index is -0.179. The molecular weight excluding hydrogens is 378 g/mol. The highest BCUT2D eigenvalue weighted by molar-refractivity contribution is 6.08. The average Bonchev–Trinajstić information content (AvgIpc) is 3.42. The highest BCUT2D eigenvalue weighted by Crippen LogP contribution is 2.33. The minimum Gasteiger partial charge on any atom is -0.341 e. The molecule has 30 heavy (non-hydrogen) atoms. The first kappa shape index (κ1) is 18.5. The molecule has 1 atom stereocenters. The smallest absolute Gasteiger partial charge is 0.231 e. The van der Waals surface area contributed by atoms with Crippen molar-refractivity contribution in [2.45, 2.75) is 18.9 Å². The highest BCUT2D eigenvalue weighted by atomic mass is 16.2. The van der Waals surface area contributed by atoms with E-state index in [2.05, 4.69) is 14.9 Å². The van der Waals surface area contributed by atoms with Gasteiger partial charge in [-0.25, -0.2) is 9.97 Å². The molecule has 5 rings (SSSR count). The molecule has 7 nitrogen and oxygen atoms in total. The maximum atomic E-state index is 13.2. The van der Waals surface area contributed by atoms with E-state index in [1.165, 1.54) is 0 Å². The molecule has 7 heteroatoms. The van der Waals surface area contributed by atoms with Gasteiger partial charge in [0.15, 0.2) is 0 Å². The molecule has 2 aliphatic heterocycles. The van der Waals surface area contributed by atoms with Crippen molar-refractivity contribution in [1.29, 1.82) is 0 Å². The van der Waals surface area contributed by atoms with Gasteiger partial charge in [-0.3, -0.25) is 9.59 Å². The van der Waals surface area contributed by atoms with Crippen LogP contribution in [-0.4, -0.2) is 57.3 Å². The second-order valence-corrected chi connectivity index (χ2v) is 7.69. The molecule has 2 aliphatic rings. The van der Waals surface area contributed by atoms with Crippen LogP contribution in [-0.2, 0) is 11.3 Å². The molecule has 0 radical (unpaired) electrons. The maximum absolute atomic E-state index is 13.2. The largest absolute Gasteiger partial charge is 0.341 e. The van der Waals surface area contributed by atoms with Gasteiger partial charge < -0.3 is 14.4 Å². The number of carbonyl (C=O) groups is 2. The van der Waals surface area contributed by atoms with Gasteiger partial charge in [-0.15, -0.1) is 0 Å². The van der Waals surface area contributed by atoms with Gasteiger partial charge in [-0.1, -0.05) is 30.3 Å². The van der Waals surface area contributed by atoms with Crippen molar-refractivity contribution in [2.24, 2.45) is 0 Å². The monoisotopic (exact) mass is 401 g/mol. The summed E-state index contributed by atoms with van der Waals surface area (Å²) in [6.45, 7) is 3.46. The van der Waals surface area contributed by atoms with Crippen molar-refractivity contribution < 1.29 is 9.59 Å². The molecule has 3 aromatic rings. The Morgan fingerprint density at radius 1 is 0.833 bits per heavy atom. The van der Waals surface area contributed by atoms with Crippen LogP contribution in [0, 0.1) is 0 Å². The summed E-state index contributed by atoms with van der Waals surface area (Å²) in [6, 6.07) is 14.9. The Morgan fingerprint density at radius 3 is 2.30 bits per heavy atom. The number of hydrogen-bond donors (Lipinski definition) is 0. The molecular formula is C23H23N5O2. The first-order chi connectivity index (χ1) is 14.7. The molecule has 1 fully saturated rings. The lowest BCUT2D eigenvalue weighted by molar-refractivity contribution is -0.133. The van der Waals surface area contributed by atoms with Gasteiger partial charge in [0.25, 0.3) is 0 Å². The predicted octanol–water partition coefficient (Wildman–Crippen LogP) is 2.35. The van der Waals surface area contributed by atoms with E-state index in [9.17, 15) is 9.59 Å². The number of nitrogens with zero attached hydrogens (tertiary/aromatic N) is 5. The lowest BCUT2D eigenvalue weighted by atomic mass is 10.0. The van der Waals surface area contributed by atoms with Gasteiger partial charge >= 0.3 is 0 Å². The zero-order valence-corrected chi connectivity index (χ0v) is 16.6. The van der Waals surface area contributed by atoms with Crippen LogP contribution < -0.4 is 4.90 Å². The van der Waals surface area contributed by atoms with E-state index >= 15 is 0 Å². The third-order valence-electron chi connectivity index (χ3n) is 6.01. The number of aromatic nitrogens is 3. The first-order valence-corrected chi connectivity index (χ1v) is 10.3. The van der Waals surface area contributed by atoms with E-state index in [4.69, 9.17) is 0 Å². The van der Waals surface area contributed by atoms with E-state index in [0.717, 1.165) is 25.2 Å². The molecule has 0 bridgehead atoms. The summed E-state index contributed by atoms with van der Waals surface area (Å²) >= 11 is 0. The van der Waals surface area contributed by atoms with Crippen LogP contribution in [0.4, 0.5) is 5.95 Å². The number of fused-ring (bicyclic) bond motifs is 1. The topological polar surface area (TPSA) is 71.3 Å². The van der Waals surface area contributed by atoms with Gasteiger partial charge in [-0.2, -0.15) is 0 Å². The first-order valence-electron chi connectivity index (χ1n) is 10.3. The van der Waals surface area contributed by atoms with Crippen molar-refractivity contribution >= 4 is 17.6 Å². The Bertz CT molecular complexity index is 1060. The standard InChI is InChI=1S/C23H23N5O2/c29-21(17-5-2-1-3-6-17)20-8-7-19-18(9-12-28(19)20)22(30)26-13-15-27(16-14-26)23-24-10-4-11-25-23/h1-8,10-11,18H,9,12-16H2/t18-/m0/s1. The van der Waals surface area contributed by atoms with Crippen LogP contribution in [0.5, 0.6) is 0 Å². The fourth-order valence-corrected chi connectivity index (χ4v) is 4.43. The van der Waals surface area contributed by atoms with Crippen molar-refractivity contribution in [3.8, 4) is 0 Å². The molecule has 0 N–H and O–H groups in total. The van der Waals surface area contributed by atoms with Crippen LogP contribution in [0.25, 0.3) is 0 Å². The second kappa shape index (κ2) is 7.74. The molecule has 0 spiro atoms. The number of anilines is 1. The number of piperazine rings is 1. The van der Waals surface area contributed by atoms with E-state index in [1.54, 1.807) is 18.5 Å². The average molecular weight is 401 g/mol. The van der Waals surface area contributed by atoms with Crippen molar-refractivity contribution in [3.05, 3.63) is 77.9 Å². The van der Waals surface area contributed by atoms with Gasteiger partial charge in [0.05, 0.1) is 11.6 Å². The van der Waals surface area contributed by atoms with Crippen LogP contribution in [0.2, 0.25) is 0 Å². The van der Waals surface area contributed by atoms with E-state index in [0.29, 0.717) is 36.8 Å². The van der Waals surface area contributed by atoms with Crippen LogP contribution in [0.1, 0.15) is 34.1 Å². The van der Waals surface area contributed by atoms with Gasteiger partial charge in [0, 0.05) is 56.4 Å². The number of benzene rings is 1. The normalized spacial score (nSPS) is 18.3. The number of carbonyl (C=O) groups excluding carboxylic acids is 2. The van der Waals surface area contributed by atoms with E-state index < -0.39 is 0 Å². The lowest BCUT2D eigenvalue weighted by Gasteiger charge is -2.35. The molecule has 1 amide bonds. The van der Waals surface area contributed by atoms with E-state index in [1.807, 2.05) is 51.9 Å². The molecule has 1 aromatic carbocycles. The number of amides is 1. The SMILES string of the molecule is O=C(c1ccccc1)c1ccc2n1CC[C@@H]2C(=O)N1CCN(c2ncccn2)CC1. The van der Waals surface area contributed by atoms with Crippen LogP contribution >= 0.6 is 0 Å². The third-order valence-corrected chi connectivity index (χ3v) is 6.01.